The first-order chi connectivity index (χ1) is 17.0. The highest BCUT2D eigenvalue weighted by Gasteiger charge is 2.29. The van der Waals surface area contributed by atoms with E-state index in [0.29, 0.717) is 30.9 Å². The lowest BCUT2D eigenvalue weighted by molar-refractivity contribution is -0.146. The van der Waals surface area contributed by atoms with Gasteiger partial charge in [0.25, 0.3) is 0 Å². The molecular weight excluding hydrogens is 446 g/mol. The average molecular weight is 480 g/mol. The van der Waals surface area contributed by atoms with E-state index in [9.17, 15) is 9.59 Å². The zero-order valence-corrected chi connectivity index (χ0v) is 20.2. The van der Waals surface area contributed by atoms with Gasteiger partial charge in [0.1, 0.15) is 6.61 Å². The van der Waals surface area contributed by atoms with E-state index in [-0.39, 0.29) is 36.7 Å². The Morgan fingerprint density at radius 1 is 1.11 bits per heavy atom. The zero-order chi connectivity index (χ0) is 24.6. The first kappa shape index (κ1) is 25.0. The third kappa shape index (κ3) is 6.54. The van der Waals surface area contributed by atoms with E-state index in [4.69, 9.17) is 19.9 Å². The number of benzene rings is 2. The summed E-state index contributed by atoms with van der Waals surface area (Å²) < 4.78 is 15.4. The zero-order valence-electron chi connectivity index (χ0n) is 20.2. The summed E-state index contributed by atoms with van der Waals surface area (Å²) in [5.41, 5.74) is 10.8. The van der Waals surface area contributed by atoms with Gasteiger partial charge in [-0.2, -0.15) is 5.10 Å². The fourth-order valence-corrected chi connectivity index (χ4v) is 4.51. The molecule has 2 N–H and O–H groups in total. The largest absolute Gasteiger partial charge is 0.463 e. The summed E-state index contributed by atoms with van der Waals surface area (Å²) >= 11 is 0. The summed E-state index contributed by atoms with van der Waals surface area (Å²) in [7, 11) is 1.57. The first-order valence-electron chi connectivity index (χ1n) is 12.1. The van der Waals surface area contributed by atoms with Gasteiger partial charge in [-0.1, -0.05) is 36.4 Å². The van der Waals surface area contributed by atoms with E-state index >= 15 is 0 Å². The second kappa shape index (κ2) is 12.1. The molecule has 186 valence electrons. The lowest BCUT2D eigenvalue weighted by Crippen LogP contribution is -2.32. The van der Waals surface area contributed by atoms with E-state index in [1.807, 2.05) is 53.7 Å². The number of methoxy groups -OCH3 is 1. The van der Waals surface area contributed by atoms with Crippen molar-refractivity contribution in [1.29, 1.82) is 0 Å². The molecule has 2 aliphatic rings. The highest BCUT2D eigenvalue weighted by atomic mass is 16.6. The van der Waals surface area contributed by atoms with Crippen LogP contribution in [0.3, 0.4) is 0 Å². The third-order valence-corrected chi connectivity index (χ3v) is 6.57. The van der Waals surface area contributed by atoms with Crippen LogP contribution in [0.25, 0.3) is 0 Å². The van der Waals surface area contributed by atoms with Gasteiger partial charge >= 0.3 is 5.97 Å². The third-order valence-electron chi connectivity index (χ3n) is 6.57. The van der Waals surface area contributed by atoms with Gasteiger partial charge in [0.15, 0.2) is 5.78 Å². The monoisotopic (exact) mass is 479 g/mol. The number of hydrogen-bond donors (Lipinski definition) is 1. The maximum atomic E-state index is 13.1. The van der Waals surface area contributed by atoms with Crippen LogP contribution in [-0.2, 0) is 25.4 Å². The first-order valence-corrected chi connectivity index (χ1v) is 12.1. The number of esters is 1. The number of carbonyl (C=O) groups excluding carboxylic acids is 2. The Hall–Kier alpha value is -3.07. The van der Waals surface area contributed by atoms with Gasteiger partial charge < -0.3 is 19.9 Å². The van der Waals surface area contributed by atoms with Crippen LogP contribution < -0.4 is 5.73 Å². The molecule has 1 saturated heterocycles. The molecule has 2 unspecified atom stereocenters. The molecule has 8 heteroatoms. The Bertz CT molecular complexity index is 1050. The number of nitrogens with two attached hydrogens (primary N) is 1. The normalized spacial score (nSPS) is 20.0. The van der Waals surface area contributed by atoms with Crippen molar-refractivity contribution in [1.82, 2.24) is 5.01 Å². The Morgan fingerprint density at radius 2 is 1.86 bits per heavy atom. The van der Waals surface area contributed by atoms with Crippen molar-refractivity contribution in [2.75, 3.05) is 46.6 Å². The fourth-order valence-electron chi connectivity index (χ4n) is 4.51. The molecule has 2 atom stereocenters. The summed E-state index contributed by atoms with van der Waals surface area (Å²) in [6.07, 6.45) is 3.65. The van der Waals surface area contributed by atoms with Crippen LogP contribution in [-0.4, -0.2) is 69.6 Å². The molecule has 1 heterocycles. The number of rotatable bonds is 9. The Balaban J connectivity index is 1.38. The molecular formula is C27H33N3O5. The summed E-state index contributed by atoms with van der Waals surface area (Å²) in [5.74, 6) is -0.260. The summed E-state index contributed by atoms with van der Waals surface area (Å²) in [4.78, 5) is 25.2. The maximum absolute atomic E-state index is 13.1. The highest BCUT2D eigenvalue weighted by Crippen LogP contribution is 2.35. The predicted molar refractivity (Wildman–Crippen MR) is 132 cm³/mol. The van der Waals surface area contributed by atoms with Crippen LogP contribution in [0.4, 0.5) is 0 Å². The van der Waals surface area contributed by atoms with Crippen molar-refractivity contribution in [3.63, 3.8) is 0 Å². The molecule has 0 bridgehead atoms. The number of hydrazone groups is 1. The molecule has 1 fully saturated rings. The molecule has 8 nitrogen and oxygen atoms in total. The number of fused-ring (bicyclic) bond motifs is 1. The van der Waals surface area contributed by atoms with E-state index in [1.54, 1.807) is 7.11 Å². The van der Waals surface area contributed by atoms with Crippen molar-refractivity contribution < 1.29 is 23.8 Å². The molecule has 1 aliphatic heterocycles. The number of morpholine rings is 1. The molecule has 0 radical (unpaired) electrons. The van der Waals surface area contributed by atoms with E-state index in [2.05, 4.69) is 5.10 Å². The summed E-state index contributed by atoms with van der Waals surface area (Å²) in [6, 6.07) is 12.9. The summed E-state index contributed by atoms with van der Waals surface area (Å²) in [5, 5.41) is 6.46. The molecule has 0 saturated carbocycles. The molecule has 4 rings (SSSR count). The van der Waals surface area contributed by atoms with E-state index in [0.717, 1.165) is 42.6 Å². The molecule has 0 aromatic heterocycles. The van der Waals surface area contributed by atoms with Crippen molar-refractivity contribution in [3.05, 3.63) is 70.3 Å². The minimum absolute atomic E-state index is 0.0192. The van der Waals surface area contributed by atoms with Crippen molar-refractivity contribution in [2.45, 2.75) is 25.3 Å². The van der Waals surface area contributed by atoms with E-state index < -0.39 is 0 Å². The standard InChI is InChI=1S/C27H33N3O5/c1-33-14-15-35-25(31)17-22-7-6-21-16-23(8-9-24(21)26(22)28)27(32)20-4-2-19(3-5-20)18-29-30-10-12-34-13-11-30/h2-5,8-9,16,18,22,26H,6-7,10-15,17,28H2,1H3. The second-order valence-electron chi connectivity index (χ2n) is 8.92. The van der Waals surface area contributed by atoms with Crippen LogP contribution in [0.1, 0.15) is 51.5 Å². The smallest absolute Gasteiger partial charge is 0.306 e. The number of ketones is 1. The van der Waals surface area contributed by atoms with E-state index in [1.165, 1.54) is 0 Å². The van der Waals surface area contributed by atoms with Crippen LogP contribution in [0.5, 0.6) is 0 Å². The number of aryl methyl sites for hydroxylation is 1. The lowest BCUT2D eigenvalue weighted by Gasteiger charge is -2.30. The Morgan fingerprint density at radius 3 is 2.60 bits per heavy atom. The number of ether oxygens (including phenoxy) is 3. The number of hydrogen-bond acceptors (Lipinski definition) is 8. The van der Waals surface area contributed by atoms with Gasteiger partial charge in [0.2, 0.25) is 0 Å². The van der Waals surface area contributed by atoms with Crippen LogP contribution in [0.2, 0.25) is 0 Å². The molecule has 1 aliphatic carbocycles. The SMILES string of the molecule is COCCOC(=O)CC1CCc2cc(C(=O)c3ccc(C=NN4CCOCC4)cc3)ccc2C1N. The highest BCUT2D eigenvalue weighted by molar-refractivity contribution is 6.09. The van der Waals surface area contributed by atoms with Crippen LogP contribution >= 0.6 is 0 Å². The fraction of sp³-hybridized carbons (Fsp3) is 0.444. The molecule has 0 amide bonds. The van der Waals surface area contributed by atoms with Crippen molar-refractivity contribution in [3.8, 4) is 0 Å². The maximum Gasteiger partial charge on any atom is 0.306 e. The minimum atomic E-state index is -0.261. The van der Waals surface area contributed by atoms with Crippen LogP contribution in [0, 0.1) is 5.92 Å². The molecule has 35 heavy (non-hydrogen) atoms. The summed E-state index contributed by atoms with van der Waals surface area (Å²) in [6.45, 7) is 3.59. The van der Waals surface area contributed by atoms with Gasteiger partial charge in [-0.3, -0.25) is 14.6 Å². The van der Waals surface area contributed by atoms with Gasteiger partial charge in [-0.25, -0.2) is 0 Å². The Kier molecular flexibility index (Phi) is 8.63. The average Bonchev–Trinajstić information content (AvgIpc) is 2.89. The lowest BCUT2D eigenvalue weighted by atomic mass is 9.78. The molecule has 0 spiro atoms. The van der Waals surface area contributed by atoms with Gasteiger partial charge in [-0.05, 0) is 41.5 Å². The van der Waals surface area contributed by atoms with Gasteiger partial charge in [-0.15, -0.1) is 0 Å². The van der Waals surface area contributed by atoms with Gasteiger partial charge in [0, 0.05) is 24.3 Å². The van der Waals surface area contributed by atoms with Crippen LogP contribution in [0.15, 0.2) is 47.6 Å². The van der Waals surface area contributed by atoms with Crippen molar-refractivity contribution >= 4 is 18.0 Å². The predicted octanol–water partition coefficient (Wildman–Crippen LogP) is 2.73. The number of carbonyl (C=O) groups is 2. The Labute approximate surface area is 206 Å². The van der Waals surface area contributed by atoms with Crippen molar-refractivity contribution in [2.24, 2.45) is 16.8 Å². The second-order valence-corrected chi connectivity index (χ2v) is 8.92. The minimum Gasteiger partial charge on any atom is -0.463 e. The topological polar surface area (TPSA) is 103 Å². The van der Waals surface area contributed by atoms with Gasteiger partial charge in [0.05, 0.1) is 45.5 Å². The molecule has 2 aromatic rings. The quantitative estimate of drug-likeness (QED) is 0.255. The number of nitrogens with zero attached hydrogens (tertiary/aromatic N) is 2. The molecule has 2 aromatic carbocycles.